The standard InChI is InChI=1S/C20H29N5OS/c1-4-15-9-11-16(12-10-15)19(14(2)3)21-18(26)13-27-20-22-23-24-25(20)17-7-5-6-8-17/h9-12,14,17,19H,4-8,13H2,1-3H3,(H,21,26). The molecule has 1 unspecified atom stereocenters. The van der Waals surface area contributed by atoms with Crippen LogP contribution in [-0.2, 0) is 11.2 Å². The van der Waals surface area contributed by atoms with Gasteiger partial charge in [-0.2, -0.15) is 0 Å². The molecule has 6 nitrogen and oxygen atoms in total. The van der Waals surface area contributed by atoms with Gasteiger partial charge in [-0.1, -0.05) is 69.6 Å². The predicted molar refractivity (Wildman–Crippen MR) is 108 cm³/mol. The van der Waals surface area contributed by atoms with Crippen LogP contribution in [-0.4, -0.2) is 31.9 Å². The van der Waals surface area contributed by atoms with Gasteiger partial charge in [0.05, 0.1) is 17.8 Å². The first-order valence-electron chi connectivity index (χ1n) is 9.87. The third-order valence-electron chi connectivity index (χ3n) is 5.20. The number of hydrogen-bond acceptors (Lipinski definition) is 5. The summed E-state index contributed by atoms with van der Waals surface area (Å²) in [4.78, 5) is 12.6. The number of hydrogen-bond donors (Lipinski definition) is 1. The molecule has 1 aromatic carbocycles. The van der Waals surface area contributed by atoms with Gasteiger partial charge in [-0.3, -0.25) is 4.79 Å². The van der Waals surface area contributed by atoms with Crippen molar-refractivity contribution in [3.8, 4) is 0 Å². The molecule has 1 amide bonds. The van der Waals surface area contributed by atoms with Crippen molar-refractivity contribution in [2.75, 3.05) is 5.75 Å². The van der Waals surface area contributed by atoms with Crippen LogP contribution in [0.2, 0.25) is 0 Å². The molecular weight excluding hydrogens is 358 g/mol. The SMILES string of the molecule is CCc1ccc(C(NC(=O)CSc2nnnn2C2CCCC2)C(C)C)cc1. The second-order valence-corrected chi connectivity index (χ2v) is 8.46. The molecule has 1 aliphatic carbocycles. The topological polar surface area (TPSA) is 72.7 Å². The zero-order valence-corrected chi connectivity index (χ0v) is 17.2. The number of carbonyl (C=O) groups excluding carboxylic acids is 1. The molecule has 0 spiro atoms. The third kappa shape index (κ3) is 5.09. The lowest BCUT2D eigenvalue weighted by molar-refractivity contribution is -0.119. The van der Waals surface area contributed by atoms with E-state index in [1.54, 1.807) is 0 Å². The molecule has 0 aliphatic heterocycles. The molecule has 1 saturated carbocycles. The van der Waals surface area contributed by atoms with Crippen LogP contribution >= 0.6 is 11.8 Å². The number of carbonyl (C=O) groups is 1. The first-order valence-corrected chi connectivity index (χ1v) is 10.9. The number of amides is 1. The number of thioether (sulfide) groups is 1. The van der Waals surface area contributed by atoms with E-state index in [0.29, 0.717) is 17.7 Å². The number of tetrazole rings is 1. The summed E-state index contributed by atoms with van der Waals surface area (Å²) in [5.74, 6) is 0.651. The molecule has 146 valence electrons. The average Bonchev–Trinajstić information content (AvgIpc) is 3.35. The molecule has 2 aromatic rings. The second kappa shape index (κ2) is 9.35. The Labute approximate surface area is 165 Å². The van der Waals surface area contributed by atoms with Crippen molar-refractivity contribution in [1.82, 2.24) is 25.5 Å². The van der Waals surface area contributed by atoms with E-state index in [1.807, 2.05) is 4.68 Å². The van der Waals surface area contributed by atoms with Gasteiger partial charge in [0.2, 0.25) is 11.1 Å². The van der Waals surface area contributed by atoms with Crippen molar-refractivity contribution in [1.29, 1.82) is 0 Å². The summed E-state index contributed by atoms with van der Waals surface area (Å²) in [6, 6.07) is 8.92. The van der Waals surface area contributed by atoms with Crippen LogP contribution in [0.3, 0.4) is 0 Å². The molecule has 0 saturated heterocycles. The normalized spacial score (nSPS) is 16.0. The van der Waals surface area contributed by atoms with Gasteiger partial charge in [0.1, 0.15) is 0 Å². The molecule has 1 heterocycles. The number of nitrogens with one attached hydrogen (secondary N) is 1. The maximum Gasteiger partial charge on any atom is 0.230 e. The van der Waals surface area contributed by atoms with Crippen LogP contribution in [0.5, 0.6) is 0 Å². The fraction of sp³-hybridized carbons (Fsp3) is 0.600. The minimum absolute atomic E-state index is 0.00910. The molecule has 27 heavy (non-hydrogen) atoms. The smallest absolute Gasteiger partial charge is 0.230 e. The Morgan fingerprint density at radius 3 is 2.59 bits per heavy atom. The van der Waals surface area contributed by atoms with Gasteiger partial charge in [-0.15, -0.1) is 5.10 Å². The van der Waals surface area contributed by atoms with Gasteiger partial charge in [-0.25, -0.2) is 4.68 Å². The summed E-state index contributed by atoms with van der Waals surface area (Å²) in [5.41, 5.74) is 2.46. The number of nitrogens with zero attached hydrogens (tertiary/aromatic N) is 4. The van der Waals surface area contributed by atoms with Crippen LogP contribution in [0.1, 0.15) is 69.7 Å². The van der Waals surface area contributed by atoms with E-state index < -0.39 is 0 Å². The molecule has 1 aliphatic rings. The predicted octanol–water partition coefficient (Wildman–Crippen LogP) is 3.96. The molecular formula is C20H29N5OS. The fourth-order valence-electron chi connectivity index (χ4n) is 3.60. The monoisotopic (exact) mass is 387 g/mol. The highest BCUT2D eigenvalue weighted by atomic mass is 32.2. The maximum atomic E-state index is 12.6. The lowest BCUT2D eigenvalue weighted by Gasteiger charge is -2.23. The number of aryl methyl sites for hydroxylation is 1. The zero-order chi connectivity index (χ0) is 19.2. The lowest BCUT2D eigenvalue weighted by Crippen LogP contribution is -2.33. The molecule has 0 bridgehead atoms. The zero-order valence-electron chi connectivity index (χ0n) is 16.4. The van der Waals surface area contributed by atoms with Crippen molar-refractivity contribution in [3.05, 3.63) is 35.4 Å². The quantitative estimate of drug-likeness (QED) is 0.694. The Morgan fingerprint density at radius 2 is 1.96 bits per heavy atom. The van der Waals surface area contributed by atoms with E-state index in [9.17, 15) is 4.79 Å². The molecule has 3 rings (SSSR count). The summed E-state index contributed by atoms with van der Waals surface area (Å²) in [7, 11) is 0. The van der Waals surface area contributed by atoms with E-state index in [4.69, 9.17) is 0 Å². The van der Waals surface area contributed by atoms with Crippen LogP contribution in [0.15, 0.2) is 29.4 Å². The molecule has 0 radical (unpaired) electrons. The van der Waals surface area contributed by atoms with E-state index in [1.165, 1.54) is 30.2 Å². The average molecular weight is 388 g/mol. The van der Waals surface area contributed by atoms with Gasteiger partial charge in [-0.05, 0) is 46.7 Å². The van der Waals surface area contributed by atoms with E-state index in [2.05, 4.69) is 65.9 Å². The van der Waals surface area contributed by atoms with Crippen molar-refractivity contribution >= 4 is 17.7 Å². The highest BCUT2D eigenvalue weighted by molar-refractivity contribution is 7.99. The van der Waals surface area contributed by atoms with Crippen molar-refractivity contribution in [2.24, 2.45) is 5.92 Å². The summed E-state index contributed by atoms with van der Waals surface area (Å²) < 4.78 is 1.90. The van der Waals surface area contributed by atoms with Crippen molar-refractivity contribution < 1.29 is 4.79 Å². The molecule has 7 heteroatoms. The van der Waals surface area contributed by atoms with Crippen LogP contribution in [0, 0.1) is 5.92 Å². The number of aromatic nitrogens is 4. The Bertz CT molecular complexity index is 737. The summed E-state index contributed by atoms with van der Waals surface area (Å²) in [6.45, 7) is 6.41. The summed E-state index contributed by atoms with van der Waals surface area (Å²) in [5, 5.41) is 16.0. The Hall–Kier alpha value is -1.89. The van der Waals surface area contributed by atoms with Gasteiger partial charge < -0.3 is 5.32 Å². The van der Waals surface area contributed by atoms with Crippen LogP contribution < -0.4 is 5.32 Å². The minimum Gasteiger partial charge on any atom is -0.348 e. The fourth-order valence-corrected chi connectivity index (χ4v) is 4.35. The van der Waals surface area contributed by atoms with Gasteiger partial charge >= 0.3 is 0 Å². The maximum absolute atomic E-state index is 12.6. The number of rotatable bonds is 8. The molecule has 1 aromatic heterocycles. The van der Waals surface area contributed by atoms with Gasteiger partial charge in [0.25, 0.3) is 0 Å². The van der Waals surface area contributed by atoms with E-state index >= 15 is 0 Å². The van der Waals surface area contributed by atoms with Gasteiger partial charge in [0.15, 0.2) is 0 Å². The van der Waals surface area contributed by atoms with Crippen molar-refractivity contribution in [3.63, 3.8) is 0 Å². The Morgan fingerprint density at radius 1 is 1.26 bits per heavy atom. The highest BCUT2D eigenvalue weighted by Crippen LogP contribution is 2.31. The Balaban J connectivity index is 1.59. The van der Waals surface area contributed by atoms with E-state index in [0.717, 1.165) is 30.0 Å². The molecule has 1 N–H and O–H groups in total. The van der Waals surface area contributed by atoms with Crippen LogP contribution in [0.4, 0.5) is 0 Å². The molecule has 1 fully saturated rings. The first-order chi connectivity index (χ1) is 13.1. The number of benzene rings is 1. The largest absolute Gasteiger partial charge is 0.348 e. The van der Waals surface area contributed by atoms with Crippen LogP contribution in [0.25, 0.3) is 0 Å². The third-order valence-corrected chi connectivity index (χ3v) is 6.13. The van der Waals surface area contributed by atoms with Crippen molar-refractivity contribution in [2.45, 2.75) is 70.1 Å². The summed E-state index contributed by atoms with van der Waals surface area (Å²) in [6.07, 6.45) is 5.71. The Kier molecular flexibility index (Phi) is 6.88. The summed E-state index contributed by atoms with van der Waals surface area (Å²) >= 11 is 1.42. The van der Waals surface area contributed by atoms with Gasteiger partial charge in [0, 0.05) is 0 Å². The second-order valence-electron chi connectivity index (χ2n) is 7.52. The minimum atomic E-state index is 0.00910. The highest BCUT2D eigenvalue weighted by Gasteiger charge is 2.23. The first kappa shape index (κ1) is 19.9. The van der Waals surface area contributed by atoms with E-state index in [-0.39, 0.29) is 11.9 Å². The molecule has 1 atom stereocenters. The lowest BCUT2D eigenvalue weighted by atomic mass is 9.95.